The largest absolute Gasteiger partial charge is 0.326 e. The van der Waals surface area contributed by atoms with Crippen LogP contribution in [0.15, 0.2) is 49.8 Å². The number of halogens is 3. The molecule has 0 aromatic heterocycles. The number of hydrogen-bond donors (Lipinski definition) is 2. The second kappa shape index (κ2) is 7.54. The zero-order valence-electron chi connectivity index (χ0n) is 11.0. The number of anilines is 1. The summed E-state index contributed by atoms with van der Waals surface area (Å²) in [6, 6.07) is 11.5. The van der Waals surface area contributed by atoms with Gasteiger partial charge in [-0.2, -0.15) is 0 Å². The Kier molecular flexibility index (Phi) is 5.98. The Balaban J connectivity index is 2.16. The number of carbonyl (C=O) groups is 1. The molecule has 21 heavy (non-hydrogen) atoms. The van der Waals surface area contributed by atoms with Crippen molar-refractivity contribution in [3.63, 3.8) is 0 Å². The summed E-state index contributed by atoms with van der Waals surface area (Å²) in [7, 11) is 0. The highest BCUT2D eigenvalue weighted by atomic mass is 79.9. The quantitative estimate of drug-likeness (QED) is 0.676. The van der Waals surface area contributed by atoms with E-state index in [-0.39, 0.29) is 5.91 Å². The first-order chi connectivity index (χ1) is 10.0. The average molecular weight is 477 g/mol. The van der Waals surface area contributed by atoms with Crippen molar-refractivity contribution in [3.8, 4) is 0 Å². The molecule has 0 saturated heterocycles. The van der Waals surface area contributed by atoms with E-state index in [9.17, 15) is 4.79 Å². The molecule has 0 unspecified atom stereocenters. The molecule has 0 spiro atoms. The van der Waals surface area contributed by atoms with E-state index in [4.69, 9.17) is 5.73 Å². The molecule has 3 N–H and O–H groups in total. The van der Waals surface area contributed by atoms with Gasteiger partial charge < -0.3 is 11.1 Å². The van der Waals surface area contributed by atoms with Gasteiger partial charge in [-0.25, -0.2) is 0 Å². The third kappa shape index (κ3) is 4.39. The van der Waals surface area contributed by atoms with E-state index >= 15 is 0 Å². The monoisotopic (exact) mass is 474 g/mol. The van der Waals surface area contributed by atoms with Crippen molar-refractivity contribution < 1.29 is 4.79 Å². The number of benzene rings is 2. The lowest BCUT2D eigenvalue weighted by Gasteiger charge is -2.12. The molecule has 6 heteroatoms. The SMILES string of the molecule is NCc1ccccc1CC(=O)Nc1c(Br)cc(Br)cc1Br. The molecule has 2 rings (SSSR count). The van der Waals surface area contributed by atoms with Gasteiger partial charge in [-0.05, 0) is 55.1 Å². The number of carbonyl (C=O) groups excluding carboxylic acids is 1. The highest BCUT2D eigenvalue weighted by Crippen LogP contribution is 2.34. The van der Waals surface area contributed by atoms with Crippen LogP contribution in [-0.2, 0) is 17.8 Å². The van der Waals surface area contributed by atoms with E-state index in [1.54, 1.807) is 0 Å². The molecule has 0 heterocycles. The molecule has 0 saturated carbocycles. The van der Waals surface area contributed by atoms with Gasteiger partial charge >= 0.3 is 0 Å². The van der Waals surface area contributed by atoms with Crippen molar-refractivity contribution in [2.45, 2.75) is 13.0 Å². The second-order valence-corrected chi connectivity index (χ2v) is 7.07. The Morgan fingerprint density at radius 2 is 1.62 bits per heavy atom. The summed E-state index contributed by atoms with van der Waals surface area (Å²) >= 11 is 10.3. The summed E-state index contributed by atoms with van der Waals surface area (Å²) in [6.45, 7) is 0.426. The van der Waals surface area contributed by atoms with Gasteiger partial charge in [0, 0.05) is 20.0 Å². The number of hydrogen-bond acceptors (Lipinski definition) is 2. The van der Waals surface area contributed by atoms with Crippen LogP contribution in [0, 0.1) is 0 Å². The summed E-state index contributed by atoms with van der Waals surface area (Å²) < 4.78 is 2.54. The summed E-state index contributed by atoms with van der Waals surface area (Å²) in [4.78, 5) is 12.2. The molecule has 2 aromatic carbocycles. The van der Waals surface area contributed by atoms with Crippen LogP contribution in [0.3, 0.4) is 0 Å². The van der Waals surface area contributed by atoms with Gasteiger partial charge in [-0.15, -0.1) is 0 Å². The Hall–Kier alpha value is -0.690. The molecule has 1 amide bonds. The summed E-state index contributed by atoms with van der Waals surface area (Å²) in [5.41, 5.74) is 8.34. The van der Waals surface area contributed by atoms with E-state index in [2.05, 4.69) is 53.1 Å². The topological polar surface area (TPSA) is 55.1 Å². The number of amides is 1. The van der Waals surface area contributed by atoms with Crippen LogP contribution in [-0.4, -0.2) is 5.91 Å². The molecule has 0 atom stereocenters. The normalized spacial score (nSPS) is 10.5. The van der Waals surface area contributed by atoms with Gasteiger partial charge in [0.2, 0.25) is 5.91 Å². The van der Waals surface area contributed by atoms with Crippen LogP contribution in [0.25, 0.3) is 0 Å². The van der Waals surface area contributed by atoms with Crippen LogP contribution in [0.2, 0.25) is 0 Å². The minimum Gasteiger partial charge on any atom is -0.326 e. The molecular weight excluding hydrogens is 464 g/mol. The first-order valence-electron chi connectivity index (χ1n) is 6.22. The first-order valence-corrected chi connectivity index (χ1v) is 8.60. The maximum atomic E-state index is 12.2. The van der Waals surface area contributed by atoms with Crippen LogP contribution in [0.4, 0.5) is 5.69 Å². The van der Waals surface area contributed by atoms with E-state index in [1.165, 1.54) is 0 Å². The van der Waals surface area contributed by atoms with Crippen LogP contribution >= 0.6 is 47.8 Å². The molecule has 0 aliphatic heterocycles. The number of nitrogens with two attached hydrogens (primary N) is 1. The van der Waals surface area contributed by atoms with E-state index in [1.807, 2.05) is 36.4 Å². The Morgan fingerprint density at radius 3 is 2.19 bits per heavy atom. The molecule has 0 aliphatic carbocycles. The minimum absolute atomic E-state index is 0.0837. The van der Waals surface area contributed by atoms with Crippen LogP contribution in [0.1, 0.15) is 11.1 Å². The Morgan fingerprint density at radius 1 is 1.05 bits per heavy atom. The third-order valence-corrected chi connectivity index (χ3v) is 4.67. The summed E-state index contributed by atoms with van der Waals surface area (Å²) in [6.07, 6.45) is 0.294. The van der Waals surface area contributed by atoms with Crippen LogP contribution in [0.5, 0.6) is 0 Å². The molecule has 3 nitrogen and oxygen atoms in total. The molecule has 2 aromatic rings. The zero-order valence-corrected chi connectivity index (χ0v) is 15.8. The maximum Gasteiger partial charge on any atom is 0.228 e. The molecule has 110 valence electrons. The minimum atomic E-state index is -0.0837. The smallest absolute Gasteiger partial charge is 0.228 e. The van der Waals surface area contributed by atoms with E-state index in [0.29, 0.717) is 18.7 Å². The average Bonchev–Trinajstić information content (AvgIpc) is 2.43. The highest BCUT2D eigenvalue weighted by Gasteiger charge is 2.12. The highest BCUT2D eigenvalue weighted by molar-refractivity contribution is 9.11. The standard InChI is InChI=1S/C15H13Br3N2O/c16-11-6-12(17)15(13(18)7-11)20-14(21)5-9-3-1-2-4-10(9)8-19/h1-4,6-7H,5,8,19H2,(H,20,21). The van der Waals surface area contributed by atoms with Gasteiger partial charge in [-0.1, -0.05) is 40.2 Å². The van der Waals surface area contributed by atoms with E-state index < -0.39 is 0 Å². The van der Waals surface area contributed by atoms with Crippen molar-refractivity contribution in [1.82, 2.24) is 0 Å². The van der Waals surface area contributed by atoms with Gasteiger partial charge in [-0.3, -0.25) is 4.79 Å². The summed E-state index contributed by atoms with van der Waals surface area (Å²) in [5, 5.41) is 2.91. The van der Waals surface area contributed by atoms with Crippen molar-refractivity contribution >= 4 is 59.4 Å². The summed E-state index contributed by atoms with van der Waals surface area (Å²) in [5.74, 6) is -0.0837. The lowest BCUT2D eigenvalue weighted by molar-refractivity contribution is -0.115. The fraction of sp³-hybridized carbons (Fsp3) is 0.133. The van der Waals surface area contributed by atoms with Gasteiger partial charge in [0.1, 0.15) is 0 Å². The molecule has 0 fully saturated rings. The van der Waals surface area contributed by atoms with Crippen molar-refractivity contribution in [1.29, 1.82) is 0 Å². The van der Waals surface area contributed by atoms with Gasteiger partial charge in [0.25, 0.3) is 0 Å². The third-order valence-electron chi connectivity index (χ3n) is 2.96. The predicted molar refractivity (Wildman–Crippen MR) is 96.2 cm³/mol. The van der Waals surface area contributed by atoms with Gasteiger partial charge in [0.05, 0.1) is 12.1 Å². The fourth-order valence-electron chi connectivity index (χ4n) is 1.95. The van der Waals surface area contributed by atoms with Crippen molar-refractivity contribution in [2.24, 2.45) is 5.73 Å². The van der Waals surface area contributed by atoms with Crippen LogP contribution < -0.4 is 11.1 Å². The first kappa shape index (κ1) is 16.7. The number of nitrogens with one attached hydrogen (secondary N) is 1. The zero-order chi connectivity index (χ0) is 15.4. The molecule has 0 aliphatic rings. The Bertz CT molecular complexity index is 651. The molecule has 0 radical (unpaired) electrons. The molecule has 0 bridgehead atoms. The Labute approximate surface area is 148 Å². The van der Waals surface area contributed by atoms with Gasteiger partial charge in [0.15, 0.2) is 0 Å². The lowest BCUT2D eigenvalue weighted by Crippen LogP contribution is -2.16. The van der Waals surface area contributed by atoms with E-state index in [0.717, 1.165) is 24.5 Å². The lowest BCUT2D eigenvalue weighted by atomic mass is 10.0. The van der Waals surface area contributed by atoms with Crippen molar-refractivity contribution in [2.75, 3.05) is 5.32 Å². The second-order valence-electron chi connectivity index (χ2n) is 4.44. The number of rotatable bonds is 4. The predicted octanol–water partition coefficient (Wildman–Crippen LogP) is 4.61. The maximum absolute atomic E-state index is 12.2. The fourth-order valence-corrected chi connectivity index (χ4v) is 4.40. The molecular formula is C15H13Br3N2O. The van der Waals surface area contributed by atoms with Crippen molar-refractivity contribution in [3.05, 3.63) is 60.9 Å².